The molecule has 4 heteroatoms. The fraction of sp³-hybridized carbons (Fsp3) is 0.250. The van der Waals surface area contributed by atoms with Gasteiger partial charge in [-0.15, -0.1) is 0 Å². The number of ether oxygens (including phenoxy) is 1. The highest BCUT2D eigenvalue weighted by Crippen LogP contribution is 2.25. The highest BCUT2D eigenvalue weighted by atomic mass is 19.1. The van der Waals surface area contributed by atoms with E-state index in [2.05, 4.69) is 24.0 Å². The molecule has 3 nitrogen and oxygen atoms in total. The fourth-order valence-electron chi connectivity index (χ4n) is 2.94. The van der Waals surface area contributed by atoms with E-state index in [1.54, 1.807) is 24.3 Å². The number of anilines is 1. The van der Waals surface area contributed by atoms with E-state index in [1.807, 2.05) is 12.1 Å². The minimum absolute atomic E-state index is 0.326. The molecule has 2 aromatic rings. The van der Waals surface area contributed by atoms with Crippen LogP contribution in [-0.2, 0) is 4.74 Å². The Kier molecular flexibility index (Phi) is 4.93. The zero-order valence-electron chi connectivity index (χ0n) is 13.6. The normalized spacial score (nSPS) is 15.2. The second-order valence-corrected chi connectivity index (χ2v) is 5.80. The number of allylic oxidation sites excluding steroid dienone is 1. The van der Waals surface area contributed by atoms with E-state index in [-0.39, 0.29) is 5.82 Å². The minimum atomic E-state index is -0.382. The topological polar surface area (TPSA) is 36.3 Å². The van der Waals surface area contributed by atoms with Crippen molar-refractivity contribution in [3.05, 3.63) is 65.0 Å². The summed E-state index contributed by atoms with van der Waals surface area (Å²) in [4.78, 5) is 2.30. The van der Waals surface area contributed by atoms with Crippen LogP contribution in [0.3, 0.4) is 0 Å². The fourth-order valence-corrected chi connectivity index (χ4v) is 2.94. The largest absolute Gasteiger partial charge is 0.378 e. The maximum Gasteiger partial charge on any atom is 0.131 e. The van der Waals surface area contributed by atoms with E-state index in [9.17, 15) is 9.65 Å². The van der Waals surface area contributed by atoms with Gasteiger partial charge >= 0.3 is 0 Å². The smallest absolute Gasteiger partial charge is 0.131 e. The van der Waals surface area contributed by atoms with Crippen molar-refractivity contribution in [2.45, 2.75) is 6.92 Å². The maximum absolute atomic E-state index is 13.9. The lowest BCUT2D eigenvalue weighted by molar-refractivity contribution is 0.122. The molecule has 24 heavy (non-hydrogen) atoms. The maximum atomic E-state index is 13.9. The molecule has 0 saturated carbocycles. The first-order valence-electron chi connectivity index (χ1n) is 7.99. The third-order valence-corrected chi connectivity index (χ3v) is 4.17. The van der Waals surface area contributed by atoms with Crippen molar-refractivity contribution in [3.8, 4) is 6.07 Å². The van der Waals surface area contributed by atoms with E-state index in [0.717, 1.165) is 37.4 Å². The van der Waals surface area contributed by atoms with Gasteiger partial charge < -0.3 is 9.64 Å². The van der Waals surface area contributed by atoms with Crippen LogP contribution in [0.4, 0.5) is 10.1 Å². The number of nitrogens with zero attached hydrogens (tertiary/aromatic N) is 2. The second-order valence-electron chi connectivity index (χ2n) is 5.80. The zero-order chi connectivity index (χ0) is 16.9. The SMILES string of the molecule is Cc1cc(/C=C(/C#N)c2ccccc2F)ccc1N1CCOCC1. The molecule has 0 aromatic heterocycles. The molecule has 0 bridgehead atoms. The lowest BCUT2D eigenvalue weighted by Crippen LogP contribution is -2.36. The van der Waals surface area contributed by atoms with Gasteiger partial charge in [0.1, 0.15) is 5.82 Å². The Morgan fingerprint density at radius 3 is 2.62 bits per heavy atom. The van der Waals surface area contributed by atoms with Crippen molar-refractivity contribution in [1.29, 1.82) is 5.26 Å². The van der Waals surface area contributed by atoms with E-state index in [0.29, 0.717) is 11.1 Å². The first kappa shape index (κ1) is 16.2. The molecule has 1 fully saturated rings. The Hall–Kier alpha value is -2.64. The molecule has 1 heterocycles. The van der Waals surface area contributed by atoms with Gasteiger partial charge in [0.2, 0.25) is 0 Å². The van der Waals surface area contributed by atoms with Crippen molar-refractivity contribution >= 4 is 17.3 Å². The molecule has 2 aromatic carbocycles. The van der Waals surface area contributed by atoms with E-state index in [4.69, 9.17) is 4.74 Å². The number of hydrogen-bond donors (Lipinski definition) is 0. The number of halogens is 1. The summed E-state index contributed by atoms with van der Waals surface area (Å²) in [5.41, 5.74) is 3.86. The summed E-state index contributed by atoms with van der Waals surface area (Å²) in [6, 6.07) is 14.5. The van der Waals surface area contributed by atoms with Crippen LogP contribution in [0.1, 0.15) is 16.7 Å². The van der Waals surface area contributed by atoms with Gasteiger partial charge in [0.15, 0.2) is 0 Å². The summed E-state index contributed by atoms with van der Waals surface area (Å²) < 4.78 is 19.3. The van der Waals surface area contributed by atoms with Gasteiger partial charge in [0, 0.05) is 24.3 Å². The van der Waals surface area contributed by atoms with Crippen LogP contribution >= 0.6 is 0 Å². The first-order chi connectivity index (χ1) is 11.7. The van der Waals surface area contributed by atoms with Gasteiger partial charge in [0.05, 0.1) is 24.9 Å². The van der Waals surface area contributed by atoms with Gasteiger partial charge in [-0.2, -0.15) is 5.26 Å². The Morgan fingerprint density at radius 1 is 1.21 bits per heavy atom. The molecule has 0 radical (unpaired) electrons. The Balaban J connectivity index is 1.91. The molecule has 0 N–H and O–H groups in total. The van der Waals surface area contributed by atoms with Gasteiger partial charge in [-0.25, -0.2) is 4.39 Å². The quantitative estimate of drug-likeness (QED) is 0.632. The average molecular weight is 322 g/mol. The Labute approximate surface area is 141 Å². The summed E-state index contributed by atoms with van der Waals surface area (Å²) in [5, 5.41) is 9.39. The predicted octanol–water partition coefficient (Wildman–Crippen LogP) is 4.03. The van der Waals surface area contributed by atoms with Crippen molar-refractivity contribution in [1.82, 2.24) is 0 Å². The number of hydrogen-bond acceptors (Lipinski definition) is 3. The van der Waals surface area contributed by atoms with E-state index < -0.39 is 0 Å². The van der Waals surface area contributed by atoms with Crippen LogP contribution in [0.2, 0.25) is 0 Å². The molecule has 3 rings (SSSR count). The Morgan fingerprint density at radius 2 is 1.96 bits per heavy atom. The lowest BCUT2D eigenvalue weighted by Gasteiger charge is -2.30. The molecule has 122 valence electrons. The molecule has 0 spiro atoms. The van der Waals surface area contributed by atoms with Crippen molar-refractivity contribution in [3.63, 3.8) is 0 Å². The minimum Gasteiger partial charge on any atom is -0.378 e. The number of aryl methyl sites for hydroxylation is 1. The number of nitriles is 1. The second kappa shape index (κ2) is 7.29. The van der Waals surface area contributed by atoms with Crippen molar-refractivity contribution in [2.75, 3.05) is 31.2 Å². The summed E-state index contributed by atoms with van der Waals surface area (Å²) >= 11 is 0. The van der Waals surface area contributed by atoms with Gasteiger partial charge in [-0.1, -0.05) is 24.3 Å². The first-order valence-corrected chi connectivity index (χ1v) is 7.99. The van der Waals surface area contributed by atoms with Crippen LogP contribution in [0.25, 0.3) is 11.6 Å². The van der Waals surface area contributed by atoms with Gasteiger partial charge in [-0.3, -0.25) is 0 Å². The van der Waals surface area contributed by atoms with Crippen LogP contribution in [0, 0.1) is 24.1 Å². The third kappa shape index (κ3) is 3.47. The molecule has 0 aliphatic carbocycles. The average Bonchev–Trinajstić information content (AvgIpc) is 2.61. The third-order valence-electron chi connectivity index (χ3n) is 4.17. The zero-order valence-corrected chi connectivity index (χ0v) is 13.6. The molecule has 0 amide bonds. The van der Waals surface area contributed by atoms with E-state index in [1.165, 1.54) is 11.8 Å². The molecular weight excluding hydrogens is 303 g/mol. The predicted molar refractivity (Wildman–Crippen MR) is 94.1 cm³/mol. The van der Waals surface area contributed by atoms with Crippen LogP contribution < -0.4 is 4.90 Å². The highest BCUT2D eigenvalue weighted by Gasteiger charge is 2.13. The van der Waals surface area contributed by atoms with Gasteiger partial charge in [-0.05, 0) is 42.3 Å². The number of rotatable bonds is 3. The summed E-state index contributed by atoms with van der Waals surface area (Å²) in [6.45, 7) is 5.31. The van der Waals surface area contributed by atoms with Gasteiger partial charge in [0.25, 0.3) is 0 Å². The summed E-state index contributed by atoms with van der Waals surface area (Å²) in [6.07, 6.45) is 1.73. The van der Waals surface area contributed by atoms with Crippen LogP contribution in [-0.4, -0.2) is 26.3 Å². The van der Waals surface area contributed by atoms with Crippen LogP contribution in [0.15, 0.2) is 42.5 Å². The molecule has 1 aliphatic heterocycles. The lowest BCUT2D eigenvalue weighted by atomic mass is 10.0. The molecule has 1 saturated heterocycles. The number of morpholine rings is 1. The van der Waals surface area contributed by atoms with E-state index >= 15 is 0 Å². The summed E-state index contributed by atoms with van der Waals surface area (Å²) in [7, 11) is 0. The molecule has 0 atom stereocenters. The van der Waals surface area contributed by atoms with Crippen molar-refractivity contribution in [2.24, 2.45) is 0 Å². The molecule has 0 unspecified atom stereocenters. The van der Waals surface area contributed by atoms with Crippen molar-refractivity contribution < 1.29 is 9.13 Å². The molecular formula is C20H19FN2O. The standard InChI is InChI=1S/C20H19FN2O/c1-15-12-16(6-7-20(15)23-8-10-24-11-9-23)13-17(14-22)18-4-2-3-5-19(18)21/h2-7,12-13H,8-11H2,1H3/b17-13-. The van der Waals surface area contributed by atoms with Crippen LogP contribution in [0.5, 0.6) is 0 Å². The number of benzene rings is 2. The highest BCUT2D eigenvalue weighted by molar-refractivity contribution is 5.90. The monoisotopic (exact) mass is 322 g/mol. The summed E-state index contributed by atoms with van der Waals surface area (Å²) in [5.74, 6) is -0.382. The molecule has 1 aliphatic rings. The Bertz CT molecular complexity index is 802.